The Hall–Kier alpha value is -1.18. The molecule has 2 aromatic rings. The van der Waals surface area contributed by atoms with Gasteiger partial charge in [-0.05, 0) is 41.5 Å². The van der Waals surface area contributed by atoms with Crippen LogP contribution in [0.3, 0.4) is 0 Å². The Kier molecular flexibility index (Phi) is 3.27. The fourth-order valence-electron chi connectivity index (χ4n) is 2.22. The van der Waals surface area contributed by atoms with Gasteiger partial charge in [0.1, 0.15) is 0 Å². The second-order valence-electron chi connectivity index (χ2n) is 6.47. The van der Waals surface area contributed by atoms with Crippen LogP contribution >= 0.6 is 11.3 Å². The summed E-state index contributed by atoms with van der Waals surface area (Å²) in [4.78, 5) is 4.46. The number of hydrogen-bond donors (Lipinski definition) is 0. The number of aromatic nitrogens is 3. The molecule has 0 aromatic carbocycles. The van der Waals surface area contributed by atoms with Gasteiger partial charge in [0.05, 0.1) is 22.6 Å². The van der Waals surface area contributed by atoms with Crippen LogP contribution in [0.5, 0.6) is 0 Å². The predicted octanol–water partition coefficient (Wildman–Crippen LogP) is 2.24. The summed E-state index contributed by atoms with van der Waals surface area (Å²) in [6, 6.07) is 0. The summed E-state index contributed by atoms with van der Waals surface area (Å²) in [5, 5.41) is 7.41. The molecule has 1 aliphatic rings. The standard InChI is InChI=1S/C14H20BN3O2S/c1-9-8-21-12(16-9)18-7-11(10(2)17-18)15-19-13(3,4)14(5,6)20-15/h7-8H,1-6H3. The first kappa shape index (κ1) is 14.7. The van der Waals surface area contributed by atoms with E-state index < -0.39 is 0 Å². The lowest BCUT2D eigenvalue weighted by Crippen LogP contribution is -2.41. The normalized spacial score (nSPS) is 20.2. The molecule has 1 aliphatic heterocycles. The molecule has 3 rings (SSSR count). The van der Waals surface area contributed by atoms with Gasteiger partial charge >= 0.3 is 7.12 Å². The summed E-state index contributed by atoms with van der Waals surface area (Å²) in [5.41, 5.74) is 2.18. The fraction of sp³-hybridized carbons (Fsp3) is 0.571. The zero-order valence-electron chi connectivity index (χ0n) is 13.3. The Morgan fingerprint density at radius 3 is 2.29 bits per heavy atom. The molecule has 0 atom stereocenters. The van der Waals surface area contributed by atoms with E-state index >= 15 is 0 Å². The summed E-state index contributed by atoms with van der Waals surface area (Å²) in [6.45, 7) is 12.2. The molecule has 0 bridgehead atoms. The highest BCUT2D eigenvalue weighted by molar-refractivity contribution is 7.12. The lowest BCUT2D eigenvalue weighted by Gasteiger charge is -2.32. The Balaban J connectivity index is 1.93. The van der Waals surface area contributed by atoms with E-state index in [9.17, 15) is 0 Å². The highest BCUT2D eigenvalue weighted by Crippen LogP contribution is 2.36. The van der Waals surface area contributed by atoms with Gasteiger partial charge in [0.2, 0.25) is 5.13 Å². The zero-order valence-corrected chi connectivity index (χ0v) is 14.1. The molecular formula is C14H20BN3O2S. The topological polar surface area (TPSA) is 49.2 Å². The first-order valence-electron chi connectivity index (χ1n) is 7.04. The third-order valence-corrected chi connectivity index (χ3v) is 5.20. The highest BCUT2D eigenvalue weighted by atomic mass is 32.1. The van der Waals surface area contributed by atoms with Gasteiger partial charge in [0.15, 0.2) is 0 Å². The number of rotatable bonds is 2. The summed E-state index contributed by atoms with van der Waals surface area (Å²) in [5.74, 6) is 0. The van der Waals surface area contributed by atoms with Crippen molar-refractivity contribution < 1.29 is 9.31 Å². The molecule has 0 saturated carbocycles. The molecule has 7 heteroatoms. The van der Waals surface area contributed by atoms with Crippen LogP contribution < -0.4 is 5.46 Å². The van der Waals surface area contributed by atoms with Gasteiger partial charge < -0.3 is 9.31 Å². The minimum absolute atomic E-state index is 0.343. The van der Waals surface area contributed by atoms with Gasteiger partial charge in [-0.15, -0.1) is 11.3 Å². The zero-order chi connectivity index (χ0) is 15.4. The van der Waals surface area contributed by atoms with E-state index in [1.807, 2.05) is 25.4 Å². The Morgan fingerprint density at radius 2 is 1.76 bits per heavy atom. The minimum Gasteiger partial charge on any atom is -0.399 e. The average Bonchev–Trinajstić information content (AvgIpc) is 2.98. The van der Waals surface area contributed by atoms with E-state index in [0.29, 0.717) is 0 Å². The minimum atomic E-state index is -0.384. The number of hydrogen-bond acceptors (Lipinski definition) is 5. The SMILES string of the molecule is Cc1csc(-n2cc(B3OC(C)(C)C(C)(C)O3)c(C)n2)n1. The van der Waals surface area contributed by atoms with Crippen LogP contribution in [0.25, 0.3) is 5.13 Å². The molecule has 0 aliphatic carbocycles. The molecule has 0 radical (unpaired) electrons. The van der Waals surface area contributed by atoms with E-state index in [1.54, 1.807) is 16.0 Å². The van der Waals surface area contributed by atoms with Crippen LogP contribution in [0, 0.1) is 13.8 Å². The third-order valence-electron chi connectivity index (χ3n) is 4.25. The van der Waals surface area contributed by atoms with Crippen LogP contribution in [0.15, 0.2) is 11.6 Å². The molecule has 2 aromatic heterocycles. The molecule has 0 N–H and O–H groups in total. The largest absolute Gasteiger partial charge is 0.498 e. The monoisotopic (exact) mass is 305 g/mol. The van der Waals surface area contributed by atoms with Crippen LogP contribution in [-0.2, 0) is 9.31 Å². The second-order valence-corrected chi connectivity index (χ2v) is 7.31. The molecule has 0 amide bonds. The maximum Gasteiger partial charge on any atom is 0.498 e. The van der Waals surface area contributed by atoms with Crippen molar-refractivity contribution in [3.8, 4) is 5.13 Å². The van der Waals surface area contributed by atoms with Gasteiger partial charge in [-0.25, -0.2) is 9.67 Å². The van der Waals surface area contributed by atoms with E-state index in [4.69, 9.17) is 9.31 Å². The molecule has 1 saturated heterocycles. The van der Waals surface area contributed by atoms with Gasteiger partial charge in [-0.1, -0.05) is 0 Å². The molecule has 1 fully saturated rings. The summed E-state index contributed by atoms with van der Waals surface area (Å²) in [6.07, 6.45) is 1.95. The number of aryl methyl sites for hydroxylation is 2. The summed E-state index contributed by atoms with van der Waals surface area (Å²) >= 11 is 1.57. The van der Waals surface area contributed by atoms with Crippen LogP contribution in [-0.4, -0.2) is 33.1 Å². The van der Waals surface area contributed by atoms with E-state index in [-0.39, 0.29) is 18.3 Å². The number of thiazole rings is 1. The van der Waals surface area contributed by atoms with Crippen molar-refractivity contribution in [2.75, 3.05) is 0 Å². The molecule has 112 valence electrons. The van der Waals surface area contributed by atoms with Crippen molar-refractivity contribution in [3.63, 3.8) is 0 Å². The smallest absolute Gasteiger partial charge is 0.399 e. The van der Waals surface area contributed by atoms with Crippen molar-refractivity contribution in [1.29, 1.82) is 0 Å². The Morgan fingerprint density at radius 1 is 1.14 bits per heavy atom. The molecular weight excluding hydrogens is 285 g/mol. The van der Waals surface area contributed by atoms with Crippen molar-refractivity contribution >= 4 is 23.9 Å². The first-order chi connectivity index (χ1) is 9.69. The van der Waals surface area contributed by atoms with Crippen LogP contribution in [0.2, 0.25) is 0 Å². The third kappa shape index (κ3) is 2.43. The Labute approximate surface area is 129 Å². The summed E-state index contributed by atoms with van der Waals surface area (Å²) in [7, 11) is -0.384. The average molecular weight is 305 g/mol. The number of nitrogens with zero attached hydrogens (tertiary/aromatic N) is 3. The molecule has 21 heavy (non-hydrogen) atoms. The fourth-order valence-corrected chi connectivity index (χ4v) is 2.95. The van der Waals surface area contributed by atoms with Crippen molar-refractivity contribution in [2.24, 2.45) is 0 Å². The lowest BCUT2D eigenvalue weighted by molar-refractivity contribution is 0.00578. The van der Waals surface area contributed by atoms with Crippen LogP contribution in [0.1, 0.15) is 39.1 Å². The molecule has 0 unspecified atom stereocenters. The van der Waals surface area contributed by atoms with Crippen LogP contribution in [0.4, 0.5) is 0 Å². The van der Waals surface area contributed by atoms with E-state index in [1.165, 1.54) is 0 Å². The van der Waals surface area contributed by atoms with Crippen molar-refractivity contribution in [3.05, 3.63) is 23.0 Å². The second kappa shape index (κ2) is 4.66. The van der Waals surface area contributed by atoms with E-state index in [2.05, 4.69) is 37.8 Å². The first-order valence-corrected chi connectivity index (χ1v) is 7.92. The quantitative estimate of drug-likeness (QED) is 0.799. The Bertz CT molecular complexity index is 662. The van der Waals surface area contributed by atoms with Gasteiger partial charge in [-0.3, -0.25) is 0 Å². The van der Waals surface area contributed by atoms with Crippen molar-refractivity contribution in [1.82, 2.24) is 14.8 Å². The maximum atomic E-state index is 6.09. The lowest BCUT2D eigenvalue weighted by atomic mass is 9.79. The highest BCUT2D eigenvalue weighted by Gasteiger charge is 2.52. The van der Waals surface area contributed by atoms with Gasteiger partial charge in [0.25, 0.3) is 0 Å². The van der Waals surface area contributed by atoms with Gasteiger partial charge in [0, 0.05) is 17.0 Å². The van der Waals surface area contributed by atoms with Gasteiger partial charge in [-0.2, -0.15) is 5.10 Å². The van der Waals surface area contributed by atoms with E-state index in [0.717, 1.165) is 22.0 Å². The molecule has 5 nitrogen and oxygen atoms in total. The maximum absolute atomic E-state index is 6.09. The molecule has 3 heterocycles. The summed E-state index contributed by atoms with van der Waals surface area (Å²) < 4.78 is 14.0. The predicted molar refractivity (Wildman–Crippen MR) is 84.4 cm³/mol. The van der Waals surface area contributed by atoms with Crippen molar-refractivity contribution in [2.45, 2.75) is 52.7 Å². The molecule has 0 spiro atoms.